The predicted molar refractivity (Wildman–Crippen MR) is 72.6 cm³/mol. The number of hydrogen-bond donors (Lipinski definition) is 0. The fourth-order valence-electron chi connectivity index (χ4n) is 1.97. The molecule has 0 nitrogen and oxygen atoms in total. The Morgan fingerprint density at radius 2 is 1.33 bits per heavy atom. The van der Waals surface area contributed by atoms with E-state index in [0.717, 1.165) is 0 Å². The molecule has 0 radical (unpaired) electrons. The first-order chi connectivity index (χ1) is 6.82. The van der Waals surface area contributed by atoms with E-state index in [2.05, 4.69) is 41.5 Å². The minimum atomic E-state index is 0.286. The van der Waals surface area contributed by atoms with Gasteiger partial charge in [-0.25, -0.2) is 0 Å². The highest BCUT2D eigenvalue weighted by molar-refractivity contribution is 7.28. The van der Waals surface area contributed by atoms with Crippen molar-refractivity contribution >= 4 is 32.1 Å². The van der Waals surface area contributed by atoms with Crippen LogP contribution in [0.1, 0.15) is 41.7 Å². The van der Waals surface area contributed by atoms with Crippen LogP contribution in [-0.4, -0.2) is 0 Å². The Bertz CT molecular complexity index is 507. The van der Waals surface area contributed by atoms with Crippen molar-refractivity contribution in [2.75, 3.05) is 0 Å². The Kier molecular flexibility index (Phi) is 2.47. The molecule has 0 bridgehead atoms. The zero-order valence-electron chi connectivity index (χ0n) is 10.3. The molecular formula is C13H18S2. The summed E-state index contributed by atoms with van der Waals surface area (Å²) in [5.74, 6) is 0. The SMILES string of the molecule is Cc1sc2c(C)c(C(C)(C)C)sc2c1C. The van der Waals surface area contributed by atoms with E-state index in [9.17, 15) is 0 Å². The molecular weight excluding hydrogens is 220 g/mol. The Labute approximate surface area is 99.9 Å². The van der Waals surface area contributed by atoms with Gasteiger partial charge in [-0.05, 0) is 37.3 Å². The Morgan fingerprint density at radius 1 is 0.800 bits per heavy atom. The Balaban J connectivity index is 2.77. The first kappa shape index (κ1) is 11.2. The summed E-state index contributed by atoms with van der Waals surface area (Å²) in [6.45, 7) is 13.7. The van der Waals surface area contributed by atoms with Gasteiger partial charge in [0.15, 0.2) is 0 Å². The fourth-order valence-corrected chi connectivity index (χ4v) is 4.73. The highest BCUT2D eigenvalue weighted by atomic mass is 32.1. The van der Waals surface area contributed by atoms with Gasteiger partial charge in [0.2, 0.25) is 0 Å². The molecule has 0 aliphatic carbocycles. The number of thiophene rings is 2. The van der Waals surface area contributed by atoms with Crippen LogP contribution in [-0.2, 0) is 5.41 Å². The summed E-state index contributed by atoms with van der Waals surface area (Å²) in [6.07, 6.45) is 0. The lowest BCUT2D eigenvalue weighted by molar-refractivity contribution is 0.601. The summed E-state index contributed by atoms with van der Waals surface area (Å²) in [7, 11) is 0. The molecule has 0 spiro atoms. The molecule has 0 aliphatic heterocycles. The number of hydrogen-bond acceptors (Lipinski definition) is 2. The maximum Gasteiger partial charge on any atom is 0.0488 e. The minimum Gasteiger partial charge on any atom is -0.139 e. The van der Waals surface area contributed by atoms with Gasteiger partial charge in [0, 0.05) is 19.2 Å². The normalized spacial score (nSPS) is 12.7. The summed E-state index contributed by atoms with van der Waals surface area (Å²) < 4.78 is 3.03. The molecule has 2 aromatic heterocycles. The minimum absolute atomic E-state index is 0.286. The lowest BCUT2D eigenvalue weighted by Crippen LogP contribution is -2.09. The summed E-state index contributed by atoms with van der Waals surface area (Å²) in [6, 6.07) is 0. The van der Waals surface area contributed by atoms with Crippen LogP contribution >= 0.6 is 22.7 Å². The van der Waals surface area contributed by atoms with E-state index in [0.29, 0.717) is 0 Å². The molecule has 0 unspecified atom stereocenters. The third-order valence-corrected chi connectivity index (χ3v) is 6.19. The zero-order valence-corrected chi connectivity index (χ0v) is 11.9. The molecule has 0 saturated heterocycles. The van der Waals surface area contributed by atoms with Gasteiger partial charge in [-0.2, -0.15) is 0 Å². The molecule has 2 rings (SSSR count). The maximum absolute atomic E-state index is 2.30. The average molecular weight is 238 g/mol. The van der Waals surface area contributed by atoms with Crippen LogP contribution in [0.3, 0.4) is 0 Å². The molecule has 2 heterocycles. The Hall–Kier alpha value is -0.340. The molecule has 0 atom stereocenters. The average Bonchev–Trinajstić information content (AvgIpc) is 2.54. The van der Waals surface area contributed by atoms with E-state index in [1.54, 1.807) is 4.88 Å². The van der Waals surface area contributed by atoms with Crippen LogP contribution in [0.2, 0.25) is 0 Å². The molecule has 0 aromatic carbocycles. The lowest BCUT2D eigenvalue weighted by Gasteiger charge is -2.17. The second-order valence-corrected chi connectivity index (χ2v) is 7.49. The van der Waals surface area contributed by atoms with Crippen LogP contribution in [0.25, 0.3) is 9.40 Å². The van der Waals surface area contributed by atoms with E-state index in [-0.39, 0.29) is 5.41 Å². The fraction of sp³-hybridized carbons (Fsp3) is 0.538. The molecule has 15 heavy (non-hydrogen) atoms. The van der Waals surface area contributed by atoms with Crippen LogP contribution in [0.4, 0.5) is 0 Å². The zero-order chi connectivity index (χ0) is 11.4. The standard InChI is InChI=1S/C13H18S2/c1-7-9(3)14-11-8(2)12(13(4,5)6)15-10(7)11/h1-6H3. The van der Waals surface area contributed by atoms with Gasteiger partial charge in [-0.15, -0.1) is 22.7 Å². The number of rotatable bonds is 0. The highest BCUT2D eigenvalue weighted by Crippen LogP contribution is 2.44. The topological polar surface area (TPSA) is 0 Å². The first-order valence-corrected chi connectivity index (χ1v) is 6.95. The molecule has 0 fully saturated rings. The van der Waals surface area contributed by atoms with Crippen molar-refractivity contribution in [1.82, 2.24) is 0 Å². The van der Waals surface area contributed by atoms with Crippen molar-refractivity contribution in [3.63, 3.8) is 0 Å². The summed E-state index contributed by atoms with van der Waals surface area (Å²) in [4.78, 5) is 3.02. The van der Waals surface area contributed by atoms with Crippen LogP contribution in [0, 0.1) is 20.8 Å². The molecule has 82 valence electrons. The number of fused-ring (bicyclic) bond motifs is 1. The Morgan fingerprint density at radius 3 is 1.80 bits per heavy atom. The number of aryl methyl sites for hydroxylation is 3. The van der Waals surface area contributed by atoms with E-state index in [4.69, 9.17) is 0 Å². The smallest absolute Gasteiger partial charge is 0.0488 e. The molecule has 0 saturated carbocycles. The van der Waals surface area contributed by atoms with E-state index in [1.165, 1.54) is 25.4 Å². The second-order valence-electron chi connectivity index (χ2n) is 5.25. The summed E-state index contributed by atoms with van der Waals surface area (Å²) in [5, 5.41) is 0. The van der Waals surface area contributed by atoms with Gasteiger partial charge in [0.1, 0.15) is 0 Å². The largest absolute Gasteiger partial charge is 0.139 e. The second kappa shape index (κ2) is 3.33. The highest BCUT2D eigenvalue weighted by Gasteiger charge is 2.22. The molecule has 2 heteroatoms. The van der Waals surface area contributed by atoms with Crippen molar-refractivity contribution < 1.29 is 0 Å². The van der Waals surface area contributed by atoms with Crippen molar-refractivity contribution in [3.8, 4) is 0 Å². The van der Waals surface area contributed by atoms with Gasteiger partial charge in [0.25, 0.3) is 0 Å². The third kappa shape index (κ3) is 1.64. The molecule has 0 N–H and O–H groups in total. The van der Waals surface area contributed by atoms with Crippen molar-refractivity contribution in [2.24, 2.45) is 0 Å². The third-order valence-electron chi connectivity index (χ3n) is 2.90. The van der Waals surface area contributed by atoms with Crippen LogP contribution in [0.5, 0.6) is 0 Å². The van der Waals surface area contributed by atoms with Gasteiger partial charge in [-0.1, -0.05) is 20.8 Å². The monoisotopic (exact) mass is 238 g/mol. The lowest BCUT2D eigenvalue weighted by atomic mass is 9.92. The first-order valence-electron chi connectivity index (χ1n) is 5.32. The van der Waals surface area contributed by atoms with Crippen molar-refractivity contribution in [2.45, 2.75) is 47.0 Å². The molecule has 0 amide bonds. The summed E-state index contributed by atoms with van der Waals surface area (Å²) in [5.41, 5.74) is 3.27. The van der Waals surface area contributed by atoms with Crippen LogP contribution in [0.15, 0.2) is 0 Å². The van der Waals surface area contributed by atoms with Gasteiger partial charge in [0.05, 0.1) is 0 Å². The van der Waals surface area contributed by atoms with E-state index in [1.807, 2.05) is 22.7 Å². The van der Waals surface area contributed by atoms with Gasteiger partial charge in [-0.3, -0.25) is 0 Å². The maximum atomic E-state index is 2.30. The van der Waals surface area contributed by atoms with Gasteiger partial charge >= 0.3 is 0 Å². The van der Waals surface area contributed by atoms with Gasteiger partial charge < -0.3 is 0 Å². The van der Waals surface area contributed by atoms with E-state index >= 15 is 0 Å². The van der Waals surface area contributed by atoms with E-state index < -0.39 is 0 Å². The predicted octanol–water partition coefficient (Wildman–Crippen LogP) is 5.19. The summed E-state index contributed by atoms with van der Waals surface area (Å²) >= 11 is 3.94. The van der Waals surface area contributed by atoms with Crippen LogP contribution < -0.4 is 0 Å². The quantitative estimate of drug-likeness (QED) is 0.593. The van der Waals surface area contributed by atoms with Crippen molar-refractivity contribution in [1.29, 1.82) is 0 Å². The molecule has 2 aromatic rings. The molecule has 0 aliphatic rings. The van der Waals surface area contributed by atoms with Crippen molar-refractivity contribution in [3.05, 3.63) is 20.9 Å².